The summed E-state index contributed by atoms with van der Waals surface area (Å²) in [6.45, 7) is 0. The molecule has 4 rings (SSSR count). The maximum Gasteiger partial charge on any atom is 0.438 e. The summed E-state index contributed by atoms with van der Waals surface area (Å²) in [5.41, 5.74) is 1.38. The molecule has 0 bridgehead atoms. The highest BCUT2D eigenvalue weighted by molar-refractivity contribution is 8.00. The minimum absolute atomic E-state index is 0.119. The predicted molar refractivity (Wildman–Crippen MR) is 123 cm³/mol. The number of nitriles is 1. The molecule has 2 aromatic carbocycles. The van der Waals surface area contributed by atoms with Crippen molar-refractivity contribution in [3.05, 3.63) is 82.3 Å². The van der Waals surface area contributed by atoms with Crippen LogP contribution in [0.3, 0.4) is 0 Å². The Morgan fingerprint density at radius 3 is 2.32 bits per heavy atom. The van der Waals surface area contributed by atoms with Crippen LogP contribution in [-0.4, -0.2) is 36.0 Å². The highest BCUT2D eigenvalue weighted by atomic mass is 32.2. The van der Waals surface area contributed by atoms with E-state index >= 15 is 0 Å². The maximum atomic E-state index is 13.0. The normalized spacial score (nSPS) is 10.5. The molecular weight excluding hydrogens is 456 g/mol. The Hall–Kier alpha value is -4.36. The number of ketones is 1. The summed E-state index contributed by atoms with van der Waals surface area (Å²) < 4.78 is 16.5. The van der Waals surface area contributed by atoms with E-state index in [1.807, 2.05) is 24.3 Å². The average Bonchev–Trinajstić information content (AvgIpc) is 3.28. The van der Waals surface area contributed by atoms with Crippen molar-refractivity contribution >= 4 is 17.5 Å². The summed E-state index contributed by atoms with van der Waals surface area (Å²) in [7, 11) is 3.13. The quantitative estimate of drug-likeness (QED) is 0.234. The number of hydrogen-bond acceptors (Lipinski definition) is 8. The van der Waals surface area contributed by atoms with E-state index in [0.29, 0.717) is 33.5 Å². The molecule has 4 aromatic rings. The molecule has 170 valence electrons. The first-order valence-corrected chi connectivity index (χ1v) is 11.0. The van der Waals surface area contributed by atoms with Gasteiger partial charge in [-0.2, -0.15) is 5.26 Å². The fraction of sp³-hybridized carbons (Fsp3) is 0.125. The molecule has 0 saturated heterocycles. The van der Waals surface area contributed by atoms with Gasteiger partial charge in [-0.3, -0.25) is 9.32 Å². The van der Waals surface area contributed by atoms with E-state index in [2.05, 4.69) is 16.3 Å². The number of Topliss-reactive ketones (excluding diaryl/α,β-unsaturated/α-hetero) is 1. The largest absolute Gasteiger partial charge is 0.497 e. The number of H-pyrrole nitrogens is 1. The molecule has 9 nitrogen and oxygen atoms in total. The molecule has 1 N–H and O–H groups in total. The standard InChI is InChI=1S/C24H18N4O5S/c1-31-18-8-3-15(4-9-18)20-12-5-16(13-25)23(26-20)34-14-21(29)22-24(30)33-27-28(22)17-6-10-19(32-2)11-7-17/h3-12H,14H2,1-2H3/p+1. The van der Waals surface area contributed by atoms with Gasteiger partial charge in [0, 0.05) is 17.7 Å². The Balaban J connectivity index is 1.58. The van der Waals surface area contributed by atoms with Crippen LogP contribution in [0.4, 0.5) is 0 Å². The summed E-state index contributed by atoms with van der Waals surface area (Å²) in [4.78, 5) is 29.8. The smallest absolute Gasteiger partial charge is 0.438 e. The lowest BCUT2D eigenvalue weighted by Gasteiger charge is -2.07. The lowest BCUT2D eigenvalue weighted by molar-refractivity contribution is -0.672. The molecular formula is C24H19N4O5S+. The number of aromatic nitrogens is 3. The van der Waals surface area contributed by atoms with Crippen molar-refractivity contribution in [1.82, 2.24) is 10.3 Å². The second kappa shape index (κ2) is 10.1. The first-order valence-electron chi connectivity index (χ1n) is 10.0. The van der Waals surface area contributed by atoms with E-state index in [4.69, 9.17) is 14.0 Å². The number of nitrogens with zero attached hydrogens (tertiary/aromatic N) is 3. The van der Waals surface area contributed by atoms with Crippen LogP contribution in [0.25, 0.3) is 16.9 Å². The number of ether oxygens (including phenoxy) is 2. The molecule has 0 radical (unpaired) electrons. The van der Waals surface area contributed by atoms with Crippen molar-refractivity contribution < 1.29 is 23.5 Å². The van der Waals surface area contributed by atoms with Gasteiger partial charge >= 0.3 is 11.3 Å². The number of benzene rings is 2. The third kappa shape index (κ3) is 4.69. The first-order chi connectivity index (χ1) is 16.5. The molecule has 0 amide bonds. The van der Waals surface area contributed by atoms with Crippen LogP contribution in [0.15, 0.2) is 75.0 Å². The second-order valence-corrected chi connectivity index (χ2v) is 7.93. The second-order valence-electron chi connectivity index (χ2n) is 6.96. The zero-order chi connectivity index (χ0) is 24.1. The van der Waals surface area contributed by atoms with E-state index in [-0.39, 0.29) is 11.4 Å². The van der Waals surface area contributed by atoms with Gasteiger partial charge < -0.3 is 9.47 Å². The van der Waals surface area contributed by atoms with Crippen LogP contribution in [0, 0.1) is 11.3 Å². The summed E-state index contributed by atoms with van der Waals surface area (Å²) in [6.07, 6.45) is 0. The van der Waals surface area contributed by atoms with Crippen molar-refractivity contribution in [1.29, 1.82) is 5.26 Å². The number of nitrogens with one attached hydrogen (secondary N) is 1. The van der Waals surface area contributed by atoms with Crippen molar-refractivity contribution in [2.75, 3.05) is 20.0 Å². The molecule has 2 heterocycles. The Morgan fingerprint density at radius 2 is 1.71 bits per heavy atom. The minimum atomic E-state index is -0.790. The van der Waals surface area contributed by atoms with E-state index in [9.17, 15) is 14.9 Å². The van der Waals surface area contributed by atoms with Gasteiger partial charge in [-0.05, 0) is 58.5 Å². The van der Waals surface area contributed by atoms with Crippen molar-refractivity contribution in [3.8, 4) is 34.5 Å². The highest BCUT2D eigenvalue weighted by Crippen LogP contribution is 2.27. The monoisotopic (exact) mass is 475 g/mol. The average molecular weight is 476 g/mol. The molecule has 0 fully saturated rings. The topological polar surface area (TPSA) is 122 Å². The SMILES string of the molecule is COc1ccc(-c2ccc(C#N)c(SCC(=O)c3c(=O)o[nH][n+]3-c3ccc(OC)cc3)n2)cc1. The summed E-state index contributed by atoms with van der Waals surface area (Å²) in [5, 5.41) is 12.3. The molecule has 0 unspecified atom stereocenters. The summed E-state index contributed by atoms with van der Waals surface area (Å²) in [6, 6.07) is 19.6. The fourth-order valence-electron chi connectivity index (χ4n) is 3.18. The lowest BCUT2D eigenvalue weighted by atomic mass is 10.1. The number of carbonyl (C=O) groups excluding carboxylic acids is 1. The van der Waals surface area contributed by atoms with E-state index in [1.165, 1.54) is 4.68 Å². The van der Waals surface area contributed by atoms with Crippen LogP contribution in [0.2, 0.25) is 0 Å². The third-order valence-electron chi connectivity index (χ3n) is 4.95. The van der Waals surface area contributed by atoms with Crippen LogP contribution >= 0.6 is 11.8 Å². The van der Waals surface area contributed by atoms with Gasteiger partial charge in [0.1, 0.15) is 22.6 Å². The predicted octanol–water partition coefficient (Wildman–Crippen LogP) is 3.17. The first kappa shape index (κ1) is 22.8. The van der Waals surface area contributed by atoms with Crippen molar-refractivity contribution in [2.24, 2.45) is 0 Å². The number of thioether (sulfide) groups is 1. The number of methoxy groups -OCH3 is 2. The summed E-state index contributed by atoms with van der Waals surface area (Å²) >= 11 is 1.08. The molecule has 34 heavy (non-hydrogen) atoms. The van der Waals surface area contributed by atoms with Crippen LogP contribution in [-0.2, 0) is 0 Å². The minimum Gasteiger partial charge on any atom is -0.497 e. The number of rotatable bonds is 8. The van der Waals surface area contributed by atoms with E-state index in [0.717, 1.165) is 17.3 Å². The molecule has 0 spiro atoms. The van der Waals surface area contributed by atoms with Gasteiger partial charge in [-0.15, -0.1) is 0 Å². The number of pyridine rings is 1. The molecule has 0 aliphatic heterocycles. The molecule has 0 aliphatic rings. The molecule has 10 heteroatoms. The highest BCUT2D eigenvalue weighted by Gasteiger charge is 2.30. The number of hydrogen-bond donors (Lipinski definition) is 1. The third-order valence-corrected chi connectivity index (χ3v) is 5.94. The fourth-order valence-corrected chi connectivity index (χ4v) is 4.02. The zero-order valence-electron chi connectivity index (χ0n) is 18.3. The van der Waals surface area contributed by atoms with Crippen LogP contribution in [0.1, 0.15) is 16.1 Å². The van der Waals surface area contributed by atoms with Crippen molar-refractivity contribution in [3.63, 3.8) is 0 Å². The summed E-state index contributed by atoms with van der Waals surface area (Å²) in [5.74, 6) is 0.752. The molecule has 0 saturated carbocycles. The number of aromatic amines is 1. The Labute approximate surface area is 198 Å². The van der Waals surface area contributed by atoms with Crippen LogP contribution < -0.4 is 19.8 Å². The number of carbonyl (C=O) groups is 1. The van der Waals surface area contributed by atoms with Gasteiger partial charge in [0.25, 0.3) is 0 Å². The zero-order valence-corrected chi connectivity index (χ0v) is 19.1. The Morgan fingerprint density at radius 1 is 1.06 bits per heavy atom. The van der Waals surface area contributed by atoms with E-state index < -0.39 is 11.4 Å². The van der Waals surface area contributed by atoms with Crippen LogP contribution in [0.5, 0.6) is 11.5 Å². The van der Waals surface area contributed by atoms with E-state index in [1.54, 1.807) is 50.6 Å². The van der Waals surface area contributed by atoms with Gasteiger partial charge in [0.05, 0.1) is 31.2 Å². The molecule has 0 aliphatic carbocycles. The lowest BCUT2D eigenvalue weighted by Crippen LogP contribution is -2.41. The molecule has 0 atom stereocenters. The van der Waals surface area contributed by atoms with Gasteiger partial charge in [-0.25, -0.2) is 9.78 Å². The van der Waals surface area contributed by atoms with Crippen molar-refractivity contribution in [2.45, 2.75) is 5.03 Å². The van der Waals surface area contributed by atoms with Gasteiger partial charge in [0.2, 0.25) is 11.5 Å². The maximum absolute atomic E-state index is 13.0. The van der Waals surface area contributed by atoms with Gasteiger partial charge in [0.15, 0.2) is 0 Å². The Kier molecular flexibility index (Phi) is 6.75. The van der Waals surface area contributed by atoms with Gasteiger partial charge in [-0.1, -0.05) is 11.8 Å². The Bertz CT molecular complexity index is 1420. The molecule has 2 aromatic heterocycles.